The molecule has 4 rings (SSSR count). The Morgan fingerprint density at radius 1 is 1.00 bits per heavy atom. The Labute approximate surface area is 230 Å². The van der Waals surface area contributed by atoms with E-state index in [0.717, 1.165) is 33.6 Å². The minimum Gasteiger partial charge on any atom is -0.0367 e. The van der Waals surface area contributed by atoms with E-state index in [-0.39, 0.29) is 16.6 Å². The molecule has 0 fully saturated rings. The smallest absolute Gasteiger partial charge is 0.0364 e. The summed E-state index contributed by atoms with van der Waals surface area (Å²) < 4.78 is -0.137. The molecule has 2 atom stereocenters. The van der Waals surface area contributed by atoms with Crippen molar-refractivity contribution in [1.29, 1.82) is 0 Å². The van der Waals surface area contributed by atoms with Crippen LogP contribution in [0.25, 0.3) is 0 Å². The van der Waals surface area contributed by atoms with Crippen LogP contribution in [0.5, 0.6) is 0 Å². The van der Waals surface area contributed by atoms with Gasteiger partial charge in [-0.25, -0.2) is 0 Å². The Kier molecular flexibility index (Phi) is 8.50. The number of hydrogen-bond donors (Lipinski definition) is 2. The molecule has 1 unspecified atom stereocenters. The maximum Gasteiger partial charge on any atom is -0.0364 e. The fraction of sp³-hybridized carbons (Fsp3) is 0.259. The van der Waals surface area contributed by atoms with Gasteiger partial charge >= 0.3 is 182 Å². The van der Waals surface area contributed by atoms with Gasteiger partial charge in [-0.3, -0.25) is 0 Å². The number of fused-ring (bicyclic) bond motifs is 1. The van der Waals surface area contributed by atoms with Gasteiger partial charge in [0.05, 0.1) is 0 Å². The van der Waals surface area contributed by atoms with Crippen LogP contribution >= 0.6 is 23.2 Å². The van der Waals surface area contributed by atoms with E-state index in [1.165, 1.54) is 16.9 Å². The predicted octanol–water partition coefficient (Wildman–Crippen LogP) is 4.89. The van der Waals surface area contributed by atoms with E-state index in [1.54, 1.807) is 12.1 Å². The number of amides is 3. The summed E-state index contributed by atoms with van der Waals surface area (Å²) in [6, 6.07) is 18.9. The summed E-state index contributed by atoms with van der Waals surface area (Å²) in [6.07, 6.45) is 0.587. The minimum atomic E-state index is -0.262. The Bertz CT molecular complexity index is 1270. The summed E-state index contributed by atoms with van der Waals surface area (Å²) >= 11 is 13.7. The average Bonchev–Trinajstić information content (AvgIpc) is 3.27. The topological polar surface area (TPSA) is 64.7 Å². The molecule has 36 heavy (non-hydrogen) atoms. The van der Waals surface area contributed by atoms with Crippen molar-refractivity contribution >= 4 is 63.4 Å². The van der Waals surface area contributed by atoms with Crippen LogP contribution in [-0.4, -0.2) is 47.8 Å². The Balaban J connectivity index is 1.30. The van der Waals surface area contributed by atoms with Crippen molar-refractivity contribution in [3.05, 3.63) is 93.0 Å². The number of nitrogens with zero attached hydrogens (tertiary/aromatic N) is 2. The molecule has 0 radical (unpaired) electrons. The number of carbonyl (C=O) groups excluding carboxylic acids is 2. The molecule has 1 aliphatic heterocycles. The molecule has 188 valence electrons. The fourth-order valence-corrected chi connectivity index (χ4v) is 5.62. The number of nitrogens with one attached hydrogen (secondary N) is 2. The van der Waals surface area contributed by atoms with E-state index in [0.29, 0.717) is 36.1 Å². The van der Waals surface area contributed by atoms with Crippen molar-refractivity contribution in [2.24, 2.45) is 0 Å². The second-order valence-corrected chi connectivity index (χ2v) is 11.6. The second-order valence-electron chi connectivity index (χ2n) is 9.09. The first-order valence-corrected chi connectivity index (χ1v) is 13.8. The first-order chi connectivity index (χ1) is 17.2. The molecule has 9 heteroatoms. The zero-order valence-electron chi connectivity index (χ0n) is 20.2. The average molecular weight is 587 g/mol. The van der Waals surface area contributed by atoms with Crippen molar-refractivity contribution < 1.29 is 9.59 Å². The number of halogens is 2. The molecule has 0 aromatic heterocycles. The molecule has 0 saturated heterocycles. The van der Waals surface area contributed by atoms with Crippen LogP contribution in [0.2, 0.25) is 14.8 Å². The number of urea groups is 1. The molecule has 6 nitrogen and oxygen atoms in total. The quantitative estimate of drug-likeness (QED) is 0.388. The molecule has 3 amide bonds. The minimum absolute atomic E-state index is 0.122. The largest absolute Gasteiger partial charge is 0.0367 e. The third-order valence-electron chi connectivity index (χ3n) is 6.17. The van der Waals surface area contributed by atoms with Crippen molar-refractivity contribution in [2.75, 3.05) is 24.3 Å². The number of rotatable bonds is 7. The van der Waals surface area contributed by atoms with Crippen LogP contribution in [0.1, 0.15) is 22.3 Å². The van der Waals surface area contributed by atoms with Crippen molar-refractivity contribution in [3.63, 3.8) is 0 Å². The van der Waals surface area contributed by atoms with Crippen molar-refractivity contribution in [3.8, 4) is 0 Å². The van der Waals surface area contributed by atoms with Gasteiger partial charge in [0.25, 0.3) is 0 Å². The van der Waals surface area contributed by atoms with Gasteiger partial charge in [0.1, 0.15) is 0 Å². The monoisotopic (exact) mass is 586 g/mol. The zero-order valence-corrected chi connectivity index (χ0v) is 24.2. The molecule has 2 N–H and O–H groups in total. The van der Waals surface area contributed by atoms with Gasteiger partial charge in [-0.05, 0) is 24.3 Å². The van der Waals surface area contributed by atoms with Gasteiger partial charge in [0.2, 0.25) is 0 Å². The van der Waals surface area contributed by atoms with Crippen LogP contribution in [0.4, 0.5) is 16.2 Å². The summed E-state index contributed by atoms with van der Waals surface area (Å²) in [4.78, 5) is 29.4. The maximum absolute atomic E-state index is 13.1. The van der Waals surface area contributed by atoms with E-state index in [4.69, 9.17) is 23.2 Å². The summed E-state index contributed by atoms with van der Waals surface area (Å²) in [5.74, 6) is 0.122. The number of anilines is 2. The first-order valence-electron chi connectivity index (χ1n) is 11.6. The molecular formula is C27H29AsCl2N4O2. The first kappa shape index (κ1) is 26.4. The fourth-order valence-electron chi connectivity index (χ4n) is 4.16. The normalized spacial score (nSPS) is 13.2. The van der Waals surface area contributed by atoms with E-state index >= 15 is 0 Å². The Hall–Kier alpha value is -2.66. The van der Waals surface area contributed by atoms with E-state index in [9.17, 15) is 9.59 Å². The van der Waals surface area contributed by atoms with Gasteiger partial charge in [-0.2, -0.15) is 0 Å². The summed E-state index contributed by atoms with van der Waals surface area (Å²) in [5.41, 5.74) is 5.98. The SMILES string of the molecule is CN(C)c1ccc(NC(=O)NCc2ccc3c(c2)CN(C(=O)[C@H]([AsH2])Cc2ccc(Cl)cc2Cl)C3)cc1. The molecule has 3 aromatic carbocycles. The van der Waals surface area contributed by atoms with E-state index in [1.807, 2.05) is 66.4 Å². The summed E-state index contributed by atoms with van der Waals surface area (Å²) in [7, 11) is 3.94. The van der Waals surface area contributed by atoms with E-state index in [2.05, 4.69) is 16.7 Å². The van der Waals surface area contributed by atoms with Crippen LogP contribution in [-0.2, 0) is 30.8 Å². The Morgan fingerprint density at radius 3 is 2.42 bits per heavy atom. The van der Waals surface area contributed by atoms with Crippen molar-refractivity contribution in [1.82, 2.24) is 10.2 Å². The van der Waals surface area contributed by atoms with Crippen molar-refractivity contribution in [2.45, 2.75) is 30.8 Å². The van der Waals surface area contributed by atoms with Crippen LogP contribution in [0, 0.1) is 0 Å². The van der Waals surface area contributed by atoms with E-state index < -0.39 is 0 Å². The number of carbonyl (C=O) groups is 2. The van der Waals surface area contributed by atoms with Crippen LogP contribution in [0.3, 0.4) is 0 Å². The molecule has 0 spiro atoms. The predicted molar refractivity (Wildman–Crippen MR) is 150 cm³/mol. The van der Waals surface area contributed by atoms with Gasteiger partial charge in [0.15, 0.2) is 0 Å². The van der Waals surface area contributed by atoms with Crippen LogP contribution < -0.4 is 15.5 Å². The molecule has 0 saturated carbocycles. The van der Waals surface area contributed by atoms with Gasteiger partial charge in [0, 0.05) is 19.8 Å². The third kappa shape index (κ3) is 6.55. The number of hydrogen-bond acceptors (Lipinski definition) is 3. The number of benzene rings is 3. The third-order valence-corrected chi connectivity index (χ3v) is 7.85. The summed E-state index contributed by atoms with van der Waals surface area (Å²) in [6.45, 7) is 1.57. The van der Waals surface area contributed by atoms with Crippen LogP contribution in [0.15, 0.2) is 60.7 Å². The molecular weight excluding hydrogens is 558 g/mol. The Morgan fingerprint density at radius 2 is 1.72 bits per heavy atom. The van der Waals surface area contributed by atoms with Gasteiger partial charge < -0.3 is 4.90 Å². The molecule has 3 aromatic rings. The molecule has 0 aliphatic carbocycles. The zero-order chi connectivity index (χ0) is 25.8. The van der Waals surface area contributed by atoms with Gasteiger partial charge in [-0.1, -0.05) is 0 Å². The van der Waals surface area contributed by atoms with Gasteiger partial charge in [-0.15, -0.1) is 0 Å². The summed E-state index contributed by atoms with van der Waals surface area (Å²) in [5, 5.41) is 6.94. The standard InChI is InChI=1S/C27H29AsCl2N4O2/c1-33(2)23-9-7-22(8-10-23)32-27(36)31-14-17-3-4-19-15-34(16-20(19)11-17)26(35)24(28)12-18-5-6-21(29)13-25(18)30/h3-11,13,24H,12,14-16,28H2,1-2H3,(H2,31,32,36)/t24-/m1/s1. The molecule has 0 bridgehead atoms. The molecule has 1 heterocycles. The molecule has 1 aliphatic rings. The second kappa shape index (κ2) is 11.6. The maximum atomic E-state index is 13.1.